The third-order valence-corrected chi connectivity index (χ3v) is 5.37. The van der Waals surface area contributed by atoms with Gasteiger partial charge in [-0.05, 0) is 54.8 Å². The van der Waals surface area contributed by atoms with Crippen molar-refractivity contribution in [3.63, 3.8) is 0 Å². The molecule has 1 unspecified atom stereocenters. The standard InChI is InChI=1S/C24H27NO6/c1-15-13-17(9-10-19(15)31-4)22(26)20-21(16-7-5-8-18(14-16)30-3)25(11-6-12-29-2)24(28)23(20)27/h5,7-10,13-14,21,26H,6,11-12H2,1-4H3/b22-20-. The molecule has 1 amide bonds. The number of methoxy groups -OCH3 is 3. The first-order valence-electron chi connectivity index (χ1n) is 9.99. The Morgan fingerprint density at radius 1 is 1.06 bits per heavy atom. The van der Waals surface area contributed by atoms with E-state index in [4.69, 9.17) is 14.2 Å². The number of nitrogens with zero attached hydrogens (tertiary/aromatic N) is 1. The number of aryl methyl sites for hydroxylation is 1. The lowest BCUT2D eigenvalue weighted by atomic mass is 9.94. The van der Waals surface area contributed by atoms with Gasteiger partial charge in [-0.15, -0.1) is 0 Å². The zero-order valence-electron chi connectivity index (χ0n) is 18.2. The van der Waals surface area contributed by atoms with Gasteiger partial charge in [-0.2, -0.15) is 0 Å². The molecule has 2 aromatic carbocycles. The van der Waals surface area contributed by atoms with Crippen LogP contribution in [0.4, 0.5) is 0 Å². The molecule has 1 N–H and O–H groups in total. The third-order valence-electron chi connectivity index (χ3n) is 5.37. The van der Waals surface area contributed by atoms with Crippen molar-refractivity contribution < 1.29 is 28.9 Å². The van der Waals surface area contributed by atoms with Crippen molar-refractivity contribution in [2.45, 2.75) is 19.4 Å². The largest absolute Gasteiger partial charge is 0.507 e. The second kappa shape index (κ2) is 9.66. The van der Waals surface area contributed by atoms with Gasteiger partial charge in [0.15, 0.2) is 0 Å². The number of ketones is 1. The molecule has 164 valence electrons. The van der Waals surface area contributed by atoms with Gasteiger partial charge in [0.1, 0.15) is 17.3 Å². The van der Waals surface area contributed by atoms with Crippen molar-refractivity contribution in [3.8, 4) is 11.5 Å². The number of carbonyl (C=O) groups is 2. The van der Waals surface area contributed by atoms with Crippen LogP contribution in [0.15, 0.2) is 48.0 Å². The van der Waals surface area contributed by atoms with E-state index in [0.29, 0.717) is 42.2 Å². The summed E-state index contributed by atoms with van der Waals surface area (Å²) < 4.78 is 15.7. The van der Waals surface area contributed by atoms with Crippen molar-refractivity contribution in [2.75, 3.05) is 34.5 Å². The van der Waals surface area contributed by atoms with Crippen LogP contribution >= 0.6 is 0 Å². The lowest BCUT2D eigenvalue weighted by Gasteiger charge is -2.25. The van der Waals surface area contributed by atoms with Crippen LogP contribution in [0.3, 0.4) is 0 Å². The fourth-order valence-electron chi connectivity index (χ4n) is 3.83. The Bertz CT molecular complexity index is 1010. The molecule has 0 saturated carbocycles. The average Bonchev–Trinajstić information content (AvgIpc) is 3.03. The van der Waals surface area contributed by atoms with Crippen molar-refractivity contribution in [1.82, 2.24) is 4.90 Å². The zero-order valence-corrected chi connectivity index (χ0v) is 18.2. The Morgan fingerprint density at radius 3 is 2.48 bits per heavy atom. The van der Waals surface area contributed by atoms with E-state index in [1.165, 1.54) is 4.90 Å². The van der Waals surface area contributed by atoms with E-state index in [2.05, 4.69) is 0 Å². The molecule has 1 fully saturated rings. The first kappa shape index (κ1) is 22.4. The number of hydrogen-bond donors (Lipinski definition) is 1. The highest BCUT2D eigenvalue weighted by molar-refractivity contribution is 6.46. The van der Waals surface area contributed by atoms with Gasteiger partial charge in [0.05, 0.1) is 25.8 Å². The first-order chi connectivity index (χ1) is 14.9. The number of aliphatic hydroxyl groups is 1. The van der Waals surface area contributed by atoms with Crippen LogP contribution in [-0.2, 0) is 14.3 Å². The van der Waals surface area contributed by atoms with E-state index < -0.39 is 17.7 Å². The number of hydrogen-bond acceptors (Lipinski definition) is 6. The molecule has 0 radical (unpaired) electrons. The smallest absolute Gasteiger partial charge is 0.295 e. The molecule has 1 saturated heterocycles. The van der Waals surface area contributed by atoms with E-state index in [9.17, 15) is 14.7 Å². The zero-order chi connectivity index (χ0) is 22.5. The van der Waals surface area contributed by atoms with Crippen molar-refractivity contribution in [1.29, 1.82) is 0 Å². The second-order valence-corrected chi connectivity index (χ2v) is 7.30. The Morgan fingerprint density at radius 2 is 1.84 bits per heavy atom. The number of benzene rings is 2. The molecular weight excluding hydrogens is 398 g/mol. The summed E-state index contributed by atoms with van der Waals surface area (Å²) in [6.45, 7) is 2.61. The molecule has 1 aliphatic heterocycles. The van der Waals surface area contributed by atoms with Gasteiger partial charge in [-0.25, -0.2) is 0 Å². The Balaban J connectivity index is 2.14. The lowest BCUT2D eigenvalue weighted by molar-refractivity contribution is -0.140. The van der Waals surface area contributed by atoms with Crippen LogP contribution in [0.25, 0.3) is 5.76 Å². The number of rotatable bonds is 8. The molecule has 1 atom stereocenters. The monoisotopic (exact) mass is 425 g/mol. The second-order valence-electron chi connectivity index (χ2n) is 7.30. The van der Waals surface area contributed by atoms with Crippen LogP contribution in [0, 0.1) is 6.92 Å². The van der Waals surface area contributed by atoms with Gasteiger partial charge >= 0.3 is 0 Å². The predicted molar refractivity (Wildman–Crippen MR) is 116 cm³/mol. The van der Waals surface area contributed by atoms with Crippen LogP contribution in [-0.4, -0.2) is 56.2 Å². The van der Waals surface area contributed by atoms with Crippen molar-refractivity contribution in [3.05, 3.63) is 64.7 Å². The molecule has 7 heteroatoms. The number of ether oxygens (including phenoxy) is 3. The summed E-state index contributed by atoms with van der Waals surface area (Å²) in [6, 6.07) is 11.6. The van der Waals surface area contributed by atoms with E-state index in [0.717, 1.165) is 5.56 Å². The molecule has 1 heterocycles. The molecule has 0 aromatic heterocycles. The summed E-state index contributed by atoms with van der Waals surface area (Å²) in [4.78, 5) is 27.4. The van der Waals surface area contributed by atoms with Gasteiger partial charge in [-0.1, -0.05) is 12.1 Å². The van der Waals surface area contributed by atoms with Gasteiger partial charge in [0.25, 0.3) is 11.7 Å². The summed E-state index contributed by atoms with van der Waals surface area (Å²) in [7, 11) is 4.70. The Hall–Kier alpha value is -3.32. The summed E-state index contributed by atoms with van der Waals surface area (Å²) in [5.74, 6) is -0.306. The molecule has 0 aliphatic carbocycles. The number of carbonyl (C=O) groups excluding carboxylic acids is 2. The number of aliphatic hydroxyl groups excluding tert-OH is 1. The summed E-state index contributed by atoms with van der Waals surface area (Å²) >= 11 is 0. The molecular formula is C24H27NO6. The first-order valence-corrected chi connectivity index (χ1v) is 9.99. The SMILES string of the molecule is COCCCN1C(=O)C(=O)/C(=C(\O)c2ccc(OC)c(C)c2)C1c1cccc(OC)c1. The minimum Gasteiger partial charge on any atom is -0.507 e. The summed E-state index contributed by atoms with van der Waals surface area (Å²) in [5.41, 5.74) is 1.99. The summed E-state index contributed by atoms with van der Waals surface area (Å²) in [6.07, 6.45) is 0.561. The molecule has 0 spiro atoms. The summed E-state index contributed by atoms with van der Waals surface area (Å²) in [5, 5.41) is 11.1. The Labute approximate surface area is 181 Å². The van der Waals surface area contributed by atoms with Crippen LogP contribution in [0.1, 0.15) is 29.2 Å². The van der Waals surface area contributed by atoms with Crippen molar-refractivity contribution >= 4 is 17.4 Å². The fourth-order valence-corrected chi connectivity index (χ4v) is 3.83. The highest BCUT2D eigenvalue weighted by atomic mass is 16.5. The lowest BCUT2D eigenvalue weighted by Crippen LogP contribution is -2.31. The van der Waals surface area contributed by atoms with Crippen molar-refractivity contribution in [2.24, 2.45) is 0 Å². The normalized spacial score (nSPS) is 17.8. The molecule has 1 aliphatic rings. The van der Waals surface area contributed by atoms with E-state index >= 15 is 0 Å². The topological polar surface area (TPSA) is 85.3 Å². The molecule has 7 nitrogen and oxygen atoms in total. The fraction of sp³-hybridized carbons (Fsp3) is 0.333. The van der Waals surface area contributed by atoms with Gasteiger partial charge in [0, 0.05) is 25.8 Å². The van der Waals surface area contributed by atoms with Crippen LogP contribution in [0.2, 0.25) is 0 Å². The minimum atomic E-state index is -0.727. The quantitative estimate of drug-likeness (QED) is 0.302. The maximum Gasteiger partial charge on any atom is 0.295 e. The van der Waals surface area contributed by atoms with Crippen LogP contribution < -0.4 is 9.47 Å². The van der Waals surface area contributed by atoms with Gasteiger partial charge in [0.2, 0.25) is 0 Å². The predicted octanol–water partition coefficient (Wildman–Crippen LogP) is 3.47. The molecule has 0 bridgehead atoms. The average molecular weight is 425 g/mol. The van der Waals surface area contributed by atoms with E-state index in [1.54, 1.807) is 57.7 Å². The van der Waals surface area contributed by atoms with E-state index in [1.807, 2.05) is 13.0 Å². The number of Topliss-reactive ketones (excluding diaryl/α,β-unsaturated/α-hetero) is 1. The number of amides is 1. The van der Waals surface area contributed by atoms with E-state index in [-0.39, 0.29) is 11.3 Å². The third kappa shape index (κ3) is 4.41. The highest BCUT2D eigenvalue weighted by Gasteiger charge is 2.45. The minimum absolute atomic E-state index is 0.0558. The highest BCUT2D eigenvalue weighted by Crippen LogP contribution is 2.40. The van der Waals surface area contributed by atoms with Gasteiger partial charge in [-0.3, -0.25) is 9.59 Å². The maximum atomic E-state index is 13.0. The Kier molecular flexibility index (Phi) is 6.97. The molecule has 2 aromatic rings. The number of likely N-dealkylation sites (tertiary alicyclic amines) is 1. The molecule has 31 heavy (non-hydrogen) atoms. The molecule has 3 rings (SSSR count). The maximum absolute atomic E-state index is 13.0. The van der Waals surface area contributed by atoms with Crippen LogP contribution in [0.5, 0.6) is 11.5 Å². The van der Waals surface area contributed by atoms with Gasteiger partial charge < -0.3 is 24.2 Å².